The van der Waals surface area contributed by atoms with Crippen LogP contribution in [-0.4, -0.2) is 40.5 Å². The van der Waals surface area contributed by atoms with Gasteiger partial charge in [0.15, 0.2) is 0 Å². The van der Waals surface area contributed by atoms with Crippen molar-refractivity contribution in [2.75, 3.05) is 19.6 Å². The first-order valence-electron chi connectivity index (χ1n) is 6.49. The minimum absolute atomic E-state index is 0. The van der Waals surface area contributed by atoms with Crippen LogP contribution in [0.2, 0.25) is 0 Å². The van der Waals surface area contributed by atoms with E-state index in [1.807, 2.05) is 0 Å². The lowest BCUT2D eigenvalue weighted by atomic mass is 9.81. The van der Waals surface area contributed by atoms with Gasteiger partial charge in [0.2, 0.25) is 5.91 Å². The maximum Gasteiger partial charge on any atom is 0.221 e. The van der Waals surface area contributed by atoms with Gasteiger partial charge in [-0.1, -0.05) is 12.1 Å². The normalized spacial score (nSPS) is 17.5. The monoisotopic (exact) mass is 287 g/mol. The summed E-state index contributed by atoms with van der Waals surface area (Å²) in [4.78, 5) is 11.7. The average Bonchev–Trinajstić information content (AvgIpc) is 2.88. The van der Waals surface area contributed by atoms with E-state index in [-0.39, 0.29) is 23.7 Å². The van der Waals surface area contributed by atoms with Crippen molar-refractivity contribution >= 4 is 18.3 Å². The SMILES string of the molecule is CC1(CNC(=O)CCn2ccnn2)CCNCC1.Cl. The first-order chi connectivity index (χ1) is 8.68. The number of carbonyl (C=O) groups excluding carboxylic acids is 1. The Hall–Kier alpha value is -1.14. The molecule has 1 aliphatic rings. The Morgan fingerprint density at radius 2 is 2.21 bits per heavy atom. The van der Waals surface area contributed by atoms with Crippen molar-refractivity contribution in [1.82, 2.24) is 25.6 Å². The summed E-state index contributed by atoms with van der Waals surface area (Å²) in [5.41, 5.74) is 0.244. The van der Waals surface area contributed by atoms with Gasteiger partial charge in [0.05, 0.1) is 12.7 Å². The molecular weight excluding hydrogens is 266 g/mol. The average molecular weight is 288 g/mol. The molecule has 1 aromatic rings. The number of halogens is 1. The number of piperidine rings is 1. The highest BCUT2D eigenvalue weighted by molar-refractivity contribution is 5.85. The highest BCUT2D eigenvalue weighted by Gasteiger charge is 2.26. The molecule has 19 heavy (non-hydrogen) atoms. The molecule has 2 heterocycles. The topological polar surface area (TPSA) is 71.8 Å². The van der Waals surface area contributed by atoms with E-state index in [0.717, 1.165) is 32.5 Å². The molecule has 1 amide bonds. The second-order valence-electron chi connectivity index (χ2n) is 5.25. The smallest absolute Gasteiger partial charge is 0.221 e. The van der Waals surface area contributed by atoms with E-state index in [9.17, 15) is 4.79 Å². The van der Waals surface area contributed by atoms with Crippen molar-refractivity contribution < 1.29 is 4.79 Å². The molecule has 1 fully saturated rings. The Balaban J connectivity index is 0.00000180. The standard InChI is InChI=1S/C12H21N5O.ClH/c1-12(3-5-13-6-4-12)10-14-11(18)2-8-17-9-7-15-16-17;/h7,9,13H,2-6,8,10H2,1H3,(H,14,18);1H. The molecule has 108 valence electrons. The van der Waals surface area contributed by atoms with E-state index in [2.05, 4.69) is 27.9 Å². The van der Waals surface area contributed by atoms with Gasteiger partial charge in [0.25, 0.3) is 0 Å². The molecule has 0 spiro atoms. The van der Waals surface area contributed by atoms with E-state index in [0.29, 0.717) is 13.0 Å². The molecule has 0 bridgehead atoms. The Labute approximate surface area is 119 Å². The summed E-state index contributed by atoms with van der Waals surface area (Å²) >= 11 is 0. The lowest BCUT2D eigenvalue weighted by Crippen LogP contribution is -2.43. The molecule has 0 atom stereocenters. The van der Waals surface area contributed by atoms with Crippen LogP contribution in [0.15, 0.2) is 12.4 Å². The predicted octanol–water partition coefficient (Wildman–Crippen LogP) is 0.596. The summed E-state index contributed by atoms with van der Waals surface area (Å²) in [6, 6.07) is 0. The van der Waals surface area contributed by atoms with Crippen LogP contribution in [0, 0.1) is 5.41 Å². The molecule has 1 aromatic heterocycles. The van der Waals surface area contributed by atoms with Crippen molar-refractivity contribution in [3.63, 3.8) is 0 Å². The fourth-order valence-electron chi connectivity index (χ4n) is 2.18. The van der Waals surface area contributed by atoms with Crippen molar-refractivity contribution in [1.29, 1.82) is 0 Å². The zero-order valence-electron chi connectivity index (χ0n) is 11.3. The van der Waals surface area contributed by atoms with E-state index >= 15 is 0 Å². The molecule has 0 aromatic carbocycles. The number of nitrogens with zero attached hydrogens (tertiary/aromatic N) is 3. The largest absolute Gasteiger partial charge is 0.355 e. The van der Waals surface area contributed by atoms with Gasteiger partial charge in [-0.25, -0.2) is 0 Å². The summed E-state index contributed by atoms with van der Waals surface area (Å²) in [5, 5.41) is 13.9. The Morgan fingerprint density at radius 1 is 1.47 bits per heavy atom. The van der Waals surface area contributed by atoms with Crippen molar-refractivity contribution in [2.24, 2.45) is 5.41 Å². The van der Waals surface area contributed by atoms with Gasteiger partial charge in [-0.2, -0.15) is 0 Å². The molecule has 6 nitrogen and oxygen atoms in total. The molecule has 0 radical (unpaired) electrons. The minimum Gasteiger partial charge on any atom is -0.355 e. The molecule has 1 aliphatic heterocycles. The van der Waals surface area contributed by atoms with E-state index in [1.165, 1.54) is 0 Å². The van der Waals surface area contributed by atoms with Gasteiger partial charge in [0.1, 0.15) is 0 Å². The summed E-state index contributed by atoms with van der Waals surface area (Å²) in [5.74, 6) is 0.0882. The summed E-state index contributed by atoms with van der Waals surface area (Å²) in [6.07, 6.45) is 6.08. The molecule has 0 saturated carbocycles. The minimum atomic E-state index is 0. The zero-order chi connectivity index (χ0) is 12.8. The number of amides is 1. The van der Waals surface area contributed by atoms with Crippen LogP contribution in [0.25, 0.3) is 0 Å². The van der Waals surface area contributed by atoms with Crippen molar-refractivity contribution in [2.45, 2.75) is 32.7 Å². The van der Waals surface area contributed by atoms with Gasteiger partial charge in [-0.05, 0) is 31.3 Å². The first-order valence-corrected chi connectivity index (χ1v) is 6.49. The van der Waals surface area contributed by atoms with Gasteiger partial charge in [-0.15, -0.1) is 17.5 Å². The van der Waals surface area contributed by atoms with Crippen LogP contribution >= 0.6 is 12.4 Å². The van der Waals surface area contributed by atoms with Crippen LogP contribution in [0.4, 0.5) is 0 Å². The summed E-state index contributed by atoms with van der Waals surface area (Å²) in [7, 11) is 0. The third kappa shape index (κ3) is 5.16. The van der Waals surface area contributed by atoms with Crippen LogP contribution < -0.4 is 10.6 Å². The number of nitrogens with one attached hydrogen (secondary N) is 2. The van der Waals surface area contributed by atoms with Crippen molar-refractivity contribution in [3.05, 3.63) is 12.4 Å². The molecule has 0 aliphatic carbocycles. The molecule has 0 unspecified atom stereocenters. The molecule has 1 saturated heterocycles. The van der Waals surface area contributed by atoms with E-state index in [4.69, 9.17) is 0 Å². The molecule has 2 N–H and O–H groups in total. The van der Waals surface area contributed by atoms with E-state index < -0.39 is 0 Å². The predicted molar refractivity (Wildman–Crippen MR) is 75.1 cm³/mol. The first kappa shape index (κ1) is 15.9. The number of hydrogen-bond acceptors (Lipinski definition) is 4. The summed E-state index contributed by atoms with van der Waals surface area (Å²) in [6.45, 7) is 5.69. The number of aromatic nitrogens is 3. The van der Waals surface area contributed by atoms with Gasteiger partial charge < -0.3 is 10.6 Å². The molecule has 7 heteroatoms. The quantitative estimate of drug-likeness (QED) is 0.832. The zero-order valence-corrected chi connectivity index (χ0v) is 12.1. The number of rotatable bonds is 5. The second-order valence-corrected chi connectivity index (χ2v) is 5.25. The van der Waals surface area contributed by atoms with Crippen LogP contribution in [0.1, 0.15) is 26.2 Å². The fraction of sp³-hybridized carbons (Fsp3) is 0.750. The van der Waals surface area contributed by atoms with Crippen LogP contribution in [0.5, 0.6) is 0 Å². The van der Waals surface area contributed by atoms with Gasteiger partial charge in [-0.3, -0.25) is 9.48 Å². The van der Waals surface area contributed by atoms with Crippen LogP contribution in [0.3, 0.4) is 0 Å². The van der Waals surface area contributed by atoms with Gasteiger partial charge in [0, 0.05) is 19.2 Å². The Kier molecular flexibility index (Phi) is 6.24. The van der Waals surface area contributed by atoms with Crippen LogP contribution in [-0.2, 0) is 11.3 Å². The van der Waals surface area contributed by atoms with E-state index in [1.54, 1.807) is 17.1 Å². The van der Waals surface area contributed by atoms with Crippen molar-refractivity contribution in [3.8, 4) is 0 Å². The third-order valence-electron chi connectivity index (χ3n) is 3.56. The molecule has 2 rings (SSSR count). The number of hydrogen-bond donors (Lipinski definition) is 2. The molecular formula is C12H22ClN5O. The number of carbonyl (C=O) groups is 1. The lowest BCUT2D eigenvalue weighted by Gasteiger charge is -2.34. The Bertz CT molecular complexity index is 375. The number of aryl methyl sites for hydroxylation is 1. The second kappa shape index (κ2) is 7.45. The Morgan fingerprint density at radius 3 is 2.84 bits per heavy atom. The summed E-state index contributed by atoms with van der Waals surface area (Å²) < 4.78 is 1.67. The highest BCUT2D eigenvalue weighted by atomic mass is 35.5. The maximum atomic E-state index is 11.7. The lowest BCUT2D eigenvalue weighted by molar-refractivity contribution is -0.121. The highest BCUT2D eigenvalue weighted by Crippen LogP contribution is 2.26. The van der Waals surface area contributed by atoms with Gasteiger partial charge >= 0.3 is 0 Å². The fourth-order valence-corrected chi connectivity index (χ4v) is 2.18. The third-order valence-corrected chi connectivity index (χ3v) is 3.56. The maximum absolute atomic E-state index is 11.7.